The molecular weight excluding hydrogens is 302 g/mol. The highest BCUT2D eigenvalue weighted by molar-refractivity contribution is 9.10. The van der Waals surface area contributed by atoms with Crippen molar-refractivity contribution < 1.29 is 4.79 Å². The van der Waals surface area contributed by atoms with Crippen molar-refractivity contribution in [1.82, 2.24) is 0 Å². The van der Waals surface area contributed by atoms with Crippen LogP contribution in [-0.4, -0.2) is 18.9 Å². The summed E-state index contributed by atoms with van der Waals surface area (Å²) in [5, 5.41) is 0. The van der Waals surface area contributed by atoms with Crippen molar-refractivity contribution in [3.8, 4) is 0 Å². The van der Waals surface area contributed by atoms with Gasteiger partial charge in [-0.3, -0.25) is 4.79 Å². The van der Waals surface area contributed by atoms with Crippen molar-refractivity contribution in [2.24, 2.45) is 5.92 Å². The topological polar surface area (TPSA) is 20.3 Å². The molecule has 0 amide bonds. The number of ketones is 1. The van der Waals surface area contributed by atoms with Crippen LogP contribution in [0, 0.1) is 5.92 Å². The lowest BCUT2D eigenvalue weighted by Gasteiger charge is -2.35. The van der Waals surface area contributed by atoms with Crippen LogP contribution in [0.15, 0.2) is 22.7 Å². The van der Waals surface area contributed by atoms with Gasteiger partial charge in [0.2, 0.25) is 0 Å². The normalized spacial score (nSPS) is 23.2. The fraction of sp³-hybridized carbons (Fsp3) is 0.562. The van der Waals surface area contributed by atoms with Crippen molar-refractivity contribution >= 4 is 27.4 Å². The Balaban J connectivity index is 2.17. The molecule has 1 aliphatic rings. The molecule has 2 rings (SSSR count). The Morgan fingerprint density at radius 2 is 2.11 bits per heavy atom. The quantitative estimate of drug-likeness (QED) is 0.753. The Kier molecular flexibility index (Phi) is 4.67. The molecule has 0 spiro atoms. The van der Waals surface area contributed by atoms with E-state index < -0.39 is 0 Å². The van der Waals surface area contributed by atoms with Crippen LogP contribution >= 0.6 is 15.9 Å². The van der Waals surface area contributed by atoms with E-state index in [1.54, 1.807) is 6.92 Å². The molecule has 0 radical (unpaired) electrons. The summed E-state index contributed by atoms with van der Waals surface area (Å²) in [5.41, 5.74) is 1.95. The smallest absolute Gasteiger partial charge is 0.160 e. The van der Waals surface area contributed by atoms with E-state index in [-0.39, 0.29) is 5.78 Å². The number of Topliss-reactive ketones (excluding diaryl/α,β-unsaturated/α-hetero) is 1. The molecule has 1 aromatic carbocycles. The molecule has 0 aromatic heterocycles. The van der Waals surface area contributed by atoms with Crippen LogP contribution < -0.4 is 4.90 Å². The third kappa shape index (κ3) is 3.38. The molecule has 0 aliphatic heterocycles. The molecule has 1 fully saturated rings. The first-order valence-electron chi connectivity index (χ1n) is 7.02. The largest absolute Gasteiger partial charge is 0.372 e. The molecule has 1 saturated carbocycles. The highest BCUT2D eigenvalue weighted by Crippen LogP contribution is 2.31. The van der Waals surface area contributed by atoms with Crippen molar-refractivity contribution in [2.75, 3.05) is 11.9 Å². The van der Waals surface area contributed by atoms with E-state index in [1.165, 1.54) is 31.4 Å². The van der Waals surface area contributed by atoms with Gasteiger partial charge in [-0.1, -0.05) is 19.8 Å². The first kappa shape index (κ1) is 14.6. The minimum atomic E-state index is 0.104. The van der Waals surface area contributed by atoms with E-state index in [2.05, 4.69) is 46.9 Å². The summed E-state index contributed by atoms with van der Waals surface area (Å²) >= 11 is 3.50. The number of hydrogen-bond donors (Lipinski definition) is 0. The average Bonchev–Trinajstić information content (AvgIpc) is 2.37. The van der Waals surface area contributed by atoms with Gasteiger partial charge in [0.05, 0.1) is 0 Å². The van der Waals surface area contributed by atoms with Gasteiger partial charge in [-0.25, -0.2) is 0 Å². The molecule has 0 heterocycles. The van der Waals surface area contributed by atoms with E-state index in [0.29, 0.717) is 6.04 Å². The molecule has 1 aliphatic carbocycles. The molecule has 3 heteroatoms. The zero-order valence-electron chi connectivity index (χ0n) is 11.9. The van der Waals surface area contributed by atoms with E-state index in [0.717, 1.165) is 16.0 Å². The Hall–Kier alpha value is -0.830. The SMILES string of the molecule is CC(=O)c1ccc(N(C)C2CCCC(C)C2)cc1Br. The lowest BCUT2D eigenvalue weighted by molar-refractivity contribution is 0.101. The maximum Gasteiger partial charge on any atom is 0.160 e. The summed E-state index contributed by atoms with van der Waals surface area (Å²) in [6.45, 7) is 3.95. The van der Waals surface area contributed by atoms with Gasteiger partial charge in [0.1, 0.15) is 0 Å². The Morgan fingerprint density at radius 1 is 1.37 bits per heavy atom. The number of benzene rings is 1. The monoisotopic (exact) mass is 323 g/mol. The molecule has 2 atom stereocenters. The fourth-order valence-electron chi connectivity index (χ4n) is 2.97. The number of halogens is 1. The van der Waals surface area contributed by atoms with Crippen LogP contribution in [0.4, 0.5) is 5.69 Å². The van der Waals surface area contributed by atoms with Gasteiger partial charge in [-0.2, -0.15) is 0 Å². The fourth-order valence-corrected chi connectivity index (χ4v) is 3.62. The van der Waals surface area contributed by atoms with Crippen LogP contribution in [0.2, 0.25) is 0 Å². The maximum absolute atomic E-state index is 11.4. The van der Waals surface area contributed by atoms with E-state index >= 15 is 0 Å². The van der Waals surface area contributed by atoms with Gasteiger partial charge in [0.15, 0.2) is 5.78 Å². The van der Waals surface area contributed by atoms with Gasteiger partial charge in [-0.15, -0.1) is 0 Å². The minimum Gasteiger partial charge on any atom is -0.372 e. The molecular formula is C16H22BrNO. The van der Waals surface area contributed by atoms with Gasteiger partial charge in [-0.05, 0) is 59.8 Å². The van der Waals surface area contributed by atoms with Crippen LogP contribution in [0.1, 0.15) is 49.9 Å². The van der Waals surface area contributed by atoms with E-state index in [4.69, 9.17) is 0 Å². The zero-order valence-corrected chi connectivity index (χ0v) is 13.5. The Morgan fingerprint density at radius 3 is 2.68 bits per heavy atom. The minimum absolute atomic E-state index is 0.104. The summed E-state index contributed by atoms with van der Waals surface area (Å²) in [5.74, 6) is 0.925. The molecule has 104 valence electrons. The predicted octanol–water partition coefficient (Wildman–Crippen LogP) is 4.67. The highest BCUT2D eigenvalue weighted by atomic mass is 79.9. The maximum atomic E-state index is 11.4. The average molecular weight is 324 g/mol. The van der Waals surface area contributed by atoms with Crippen molar-refractivity contribution in [3.63, 3.8) is 0 Å². The standard InChI is InChI=1S/C16H22BrNO/c1-11-5-4-6-13(9-11)18(3)14-7-8-15(12(2)19)16(17)10-14/h7-8,10-11,13H,4-6,9H2,1-3H3. The van der Waals surface area contributed by atoms with Crippen LogP contribution in [-0.2, 0) is 0 Å². The third-order valence-corrected chi connectivity index (χ3v) is 4.85. The number of hydrogen-bond acceptors (Lipinski definition) is 2. The van der Waals surface area contributed by atoms with Crippen molar-refractivity contribution in [1.29, 1.82) is 0 Å². The highest BCUT2D eigenvalue weighted by Gasteiger charge is 2.23. The number of nitrogens with zero attached hydrogens (tertiary/aromatic N) is 1. The molecule has 2 nitrogen and oxygen atoms in total. The number of anilines is 1. The molecule has 0 saturated heterocycles. The summed E-state index contributed by atoms with van der Waals surface area (Å²) < 4.78 is 0.896. The molecule has 2 unspecified atom stereocenters. The van der Waals surface area contributed by atoms with Gasteiger partial charge >= 0.3 is 0 Å². The summed E-state index contributed by atoms with van der Waals surface area (Å²) in [7, 11) is 2.16. The second-order valence-corrected chi connectivity index (χ2v) is 6.61. The molecule has 1 aromatic rings. The molecule has 0 N–H and O–H groups in total. The first-order valence-corrected chi connectivity index (χ1v) is 7.81. The van der Waals surface area contributed by atoms with Crippen molar-refractivity contribution in [3.05, 3.63) is 28.2 Å². The van der Waals surface area contributed by atoms with Gasteiger partial charge < -0.3 is 4.90 Å². The zero-order chi connectivity index (χ0) is 14.0. The third-order valence-electron chi connectivity index (χ3n) is 4.20. The number of carbonyl (C=O) groups is 1. The summed E-state index contributed by atoms with van der Waals surface area (Å²) in [6.07, 6.45) is 5.22. The van der Waals surface area contributed by atoms with Crippen LogP contribution in [0.3, 0.4) is 0 Å². The molecule has 19 heavy (non-hydrogen) atoms. The number of rotatable bonds is 3. The second-order valence-electron chi connectivity index (χ2n) is 5.76. The van der Waals surface area contributed by atoms with E-state index in [1.807, 2.05) is 6.07 Å². The molecule has 0 bridgehead atoms. The summed E-state index contributed by atoms with van der Waals surface area (Å²) in [6, 6.07) is 6.67. The van der Waals surface area contributed by atoms with Crippen LogP contribution in [0.5, 0.6) is 0 Å². The predicted molar refractivity (Wildman–Crippen MR) is 84.0 cm³/mol. The van der Waals surface area contributed by atoms with Crippen molar-refractivity contribution in [2.45, 2.75) is 45.6 Å². The first-order chi connectivity index (χ1) is 8.99. The summed E-state index contributed by atoms with van der Waals surface area (Å²) in [4.78, 5) is 13.8. The second kappa shape index (κ2) is 6.08. The Labute approximate surface area is 124 Å². The van der Waals surface area contributed by atoms with E-state index in [9.17, 15) is 4.79 Å². The number of carbonyl (C=O) groups excluding carboxylic acids is 1. The van der Waals surface area contributed by atoms with Gasteiger partial charge in [0.25, 0.3) is 0 Å². The lowest BCUT2D eigenvalue weighted by Crippen LogP contribution is -2.35. The Bertz CT molecular complexity index is 472. The lowest BCUT2D eigenvalue weighted by atomic mass is 9.86. The van der Waals surface area contributed by atoms with Crippen LogP contribution in [0.25, 0.3) is 0 Å². The van der Waals surface area contributed by atoms with Gasteiger partial charge in [0, 0.05) is 28.8 Å².